The topological polar surface area (TPSA) is 64.6 Å². The third kappa shape index (κ3) is 15.1. The lowest BCUT2D eigenvalue weighted by atomic mass is 10.1. The van der Waals surface area contributed by atoms with Gasteiger partial charge >= 0.3 is 12.1 Å². The van der Waals surface area contributed by atoms with Crippen molar-refractivity contribution >= 4 is 12.1 Å². The van der Waals surface area contributed by atoms with Crippen molar-refractivity contribution < 1.29 is 19.1 Å². The zero-order valence-corrected chi connectivity index (χ0v) is 14.3. The van der Waals surface area contributed by atoms with E-state index in [-0.39, 0.29) is 5.97 Å². The van der Waals surface area contributed by atoms with Crippen molar-refractivity contribution in [2.75, 3.05) is 20.3 Å². The van der Waals surface area contributed by atoms with Crippen LogP contribution in [-0.2, 0) is 14.3 Å². The standard InChI is InChI=1S/C17H33NO4/c1-3-4-5-6-7-8-12-15-22-16(19)13-10-9-11-14-18-17(20)21-2/h3-15H2,1-2H3,(H,18,20). The molecule has 1 N–H and O–H groups in total. The monoisotopic (exact) mass is 315 g/mol. The second-order valence-electron chi connectivity index (χ2n) is 5.57. The van der Waals surface area contributed by atoms with Crippen molar-refractivity contribution in [3.8, 4) is 0 Å². The maximum absolute atomic E-state index is 11.5. The summed E-state index contributed by atoms with van der Waals surface area (Å²) < 4.78 is 9.67. The van der Waals surface area contributed by atoms with E-state index in [4.69, 9.17) is 4.74 Å². The molecule has 0 aliphatic heterocycles. The van der Waals surface area contributed by atoms with Crippen molar-refractivity contribution in [1.29, 1.82) is 0 Å². The number of amides is 1. The molecule has 130 valence electrons. The number of carbonyl (C=O) groups excluding carboxylic acids is 2. The minimum atomic E-state index is -0.408. The highest BCUT2D eigenvalue weighted by Crippen LogP contribution is 2.07. The van der Waals surface area contributed by atoms with Crippen LogP contribution in [0, 0.1) is 0 Å². The molecule has 0 atom stereocenters. The molecule has 0 aromatic rings. The van der Waals surface area contributed by atoms with E-state index < -0.39 is 6.09 Å². The number of carbonyl (C=O) groups is 2. The van der Waals surface area contributed by atoms with Crippen LogP contribution in [-0.4, -0.2) is 32.3 Å². The molecule has 1 amide bonds. The van der Waals surface area contributed by atoms with Crippen LogP contribution in [0.5, 0.6) is 0 Å². The zero-order valence-electron chi connectivity index (χ0n) is 14.3. The van der Waals surface area contributed by atoms with Crippen molar-refractivity contribution in [3.63, 3.8) is 0 Å². The first-order chi connectivity index (χ1) is 10.7. The Morgan fingerprint density at radius 3 is 2.18 bits per heavy atom. The fourth-order valence-electron chi connectivity index (χ4n) is 2.15. The van der Waals surface area contributed by atoms with Gasteiger partial charge < -0.3 is 14.8 Å². The molecular formula is C17H33NO4. The highest BCUT2D eigenvalue weighted by molar-refractivity contribution is 5.69. The van der Waals surface area contributed by atoms with Crippen molar-refractivity contribution in [2.24, 2.45) is 0 Å². The third-order valence-corrected chi connectivity index (χ3v) is 3.52. The van der Waals surface area contributed by atoms with E-state index in [0.717, 1.165) is 32.1 Å². The number of methoxy groups -OCH3 is 1. The molecule has 0 aliphatic carbocycles. The average Bonchev–Trinajstić information content (AvgIpc) is 2.52. The lowest BCUT2D eigenvalue weighted by molar-refractivity contribution is -0.143. The van der Waals surface area contributed by atoms with Crippen LogP contribution in [0.25, 0.3) is 0 Å². The van der Waals surface area contributed by atoms with Gasteiger partial charge in [-0.2, -0.15) is 0 Å². The Hall–Kier alpha value is -1.26. The molecule has 0 heterocycles. The molecule has 22 heavy (non-hydrogen) atoms. The van der Waals surface area contributed by atoms with Gasteiger partial charge in [0.25, 0.3) is 0 Å². The Morgan fingerprint density at radius 2 is 1.50 bits per heavy atom. The molecule has 5 nitrogen and oxygen atoms in total. The number of hydrogen-bond acceptors (Lipinski definition) is 4. The number of nitrogens with one attached hydrogen (secondary N) is 1. The van der Waals surface area contributed by atoms with Crippen LogP contribution in [0.15, 0.2) is 0 Å². The van der Waals surface area contributed by atoms with E-state index in [1.54, 1.807) is 0 Å². The van der Waals surface area contributed by atoms with Crippen LogP contribution in [0.4, 0.5) is 4.79 Å². The highest BCUT2D eigenvalue weighted by Gasteiger charge is 2.03. The summed E-state index contributed by atoms with van der Waals surface area (Å²) >= 11 is 0. The van der Waals surface area contributed by atoms with Gasteiger partial charge in [-0.25, -0.2) is 4.79 Å². The quantitative estimate of drug-likeness (QED) is 0.385. The van der Waals surface area contributed by atoms with Crippen LogP contribution >= 0.6 is 0 Å². The molecule has 0 aromatic heterocycles. The van der Waals surface area contributed by atoms with Crippen LogP contribution < -0.4 is 5.32 Å². The van der Waals surface area contributed by atoms with Crippen molar-refractivity contribution in [2.45, 2.75) is 77.6 Å². The average molecular weight is 315 g/mol. The molecule has 0 fully saturated rings. The molecule has 0 saturated heterocycles. The van der Waals surface area contributed by atoms with Gasteiger partial charge in [-0.15, -0.1) is 0 Å². The molecule has 0 saturated carbocycles. The minimum Gasteiger partial charge on any atom is -0.466 e. The summed E-state index contributed by atoms with van der Waals surface area (Å²) in [6.07, 6.45) is 11.2. The van der Waals surface area contributed by atoms with E-state index in [2.05, 4.69) is 17.0 Å². The first kappa shape index (κ1) is 20.7. The van der Waals surface area contributed by atoms with E-state index in [9.17, 15) is 9.59 Å². The molecule has 0 aliphatic rings. The predicted octanol–water partition coefficient (Wildman–Crippen LogP) is 4.20. The smallest absolute Gasteiger partial charge is 0.406 e. The fraction of sp³-hybridized carbons (Fsp3) is 0.882. The van der Waals surface area contributed by atoms with E-state index in [0.29, 0.717) is 19.6 Å². The molecule has 0 rings (SSSR count). The molecule has 0 bridgehead atoms. The number of esters is 1. The lowest BCUT2D eigenvalue weighted by Crippen LogP contribution is -2.23. The Kier molecular flexibility index (Phi) is 15.2. The molecule has 0 spiro atoms. The minimum absolute atomic E-state index is 0.105. The van der Waals surface area contributed by atoms with Gasteiger partial charge in [0.05, 0.1) is 13.7 Å². The van der Waals surface area contributed by atoms with Crippen LogP contribution in [0.1, 0.15) is 77.6 Å². The Balaban J connectivity index is 3.21. The fourth-order valence-corrected chi connectivity index (χ4v) is 2.15. The summed E-state index contributed by atoms with van der Waals surface area (Å²) in [5.74, 6) is -0.105. The Labute approximate surface area is 135 Å². The molecule has 0 unspecified atom stereocenters. The number of hydrogen-bond donors (Lipinski definition) is 1. The van der Waals surface area contributed by atoms with Crippen LogP contribution in [0.3, 0.4) is 0 Å². The third-order valence-electron chi connectivity index (χ3n) is 3.52. The second-order valence-corrected chi connectivity index (χ2v) is 5.57. The van der Waals surface area contributed by atoms with E-state index >= 15 is 0 Å². The van der Waals surface area contributed by atoms with Gasteiger partial charge in [0.15, 0.2) is 0 Å². The number of ether oxygens (including phenoxy) is 2. The summed E-state index contributed by atoms with van der Waals surface area (Å²) in [5, 5.41) is 2.61. The molecule has 5 heteroatoms. The largest absolute Gasteiger partial charge is 0.466 e. The van der Waals surface area contributed by atoms with Gasteiger partial charge in [0, 0.05) is 13.0 Å². The maximum Gasteiger partial charge on any atom is 0.406 e. The van der Waals surface area contributed by atoms with Gasteiger partial charge in [-0.05, 0) is 19.3 Å². The van der Waals surface area contributed by atoms with E-state index in [1.165, 1.54) is 39.2 Å². The highest BCUT2D eigenvalue weighted by atomic mass is 16.5. The SMILES string of the molecule is CCCCCCCCCOC(=O)CCCCCNC(=O)OC. The molecule has 0 aromatic carbocycles. The van der Waals surface area contributed by atoms with Gasteiger partial charge in [-0.3, -0.25) is 4.79 Å². The van der Waals surface area contributed by atoms with Gasteiger partial charge in [0.1, 0.15) is 0 Å². The summed E-state index contributed by atoms with van der Waals surface area (Å²) in [6.45, 7) is 3.35. The Morgan fingerprint density at radius 1 is 0.864 bits per heavy atom. The number of unbranched alkanes of at least 4 members (excludes halogenated alkanes) is 8. The normalized spacial score (nSPS) is 10.3. The van der Waals surface area contributed by atoms with Crippen LogP contribution in [0.2, 0.25) is 0 Å². The van der Waals surface area contributed by atoms with Crippen molar-refractivity contribution in [3.05, 3.63) is 0 Å². The Bertz CT molecular complexity index is 282. The predicted molar refractivity (Wildman–Crippen MR) is 87.8 cm³/mol. The first-order valence-corrected chi connectivity index (χ1v) is 8.68. The first-order valence-electron chi connectivity index (χ1n) is 8.68. The maximum atomic E-state index is 11.5. The summed E-state index contributed by atoms with van der Waals surface area (Å²) in [4.78, 5) is 22.3. The summed E-state index contributed by atoms with van der Waals surface area (Å²) in [6, 6.07) is 0. The summed E-state index contributed by atoms with van der Waals surface area (Å²) in [7, 11) is 1.34. The zero-order chi connectivity index (χ0) is 16.5. The second kappa shape index (κ2) is 16.1. The lowest BCUT2D eigenvalue weighted by Gasteiger charge is -2.05. The molecular weight excluding hydrogens is 282 g/mol. The van der Waals surface area contributed by atoms with Gasteiger partial charge in [0.2, 0.25) is 0 Å². The molecule has 0 radical (unpaired) electrons. The number of alkyl carbamates (subject to hydrolysis) is 1. The number of rotatable bonds is 14. The van der Waals surface area contributed by atoms with Gasteiger partial charge in [-0.1, -0.05) is 51.9 Å². The van der Waals surface area contributed by atoms with Crippen molar-refractivity contribution in [1.82, 2.24) is 5.32 Å². The summed E-state index contributed by atoms with van der Waals surface area (Å²) in [5.41, 5.74) is 0. The van der Waals surface area contributed by atoms with E-state index in [1.807, 2.05) is 0 Å².